The predicted octanol–water partition coefficient (Wildman–Crippen LogP) is 1.45. The molecule has 0 amide bonds. The van der Waals surface area contributed by atoms with Gasteiger partial charge in [0.25, 0.3) is 0 Å². The van der Waals surface area contributed by atoms with E-state index in [0.29, 0.717) is 5.41 Å². The molecule has 0 radical (unpaired) electrons. The lowest BCUT2D eigenvalue weighted by atomic mass is 9.70. The van der Waals surface area contributed by atoms with Crippen molar-refractivity contribution in [1.29, 1.82) is 0 Å². The van der Waals surface area contributed by atoms with E-state index >= 15 is 0 Å². The highest BCUT2D eigenvalue weighted by molar-refractivity contribution is 5.10. The summed E-state index contributed by atoms with van der Waals surface area (Å²) in [7, 11) is 0. The van der Waals surface area contributed by atoms with Crippen LogP contribution in [0.3, 0.4) is 0 Å². The highest BCUT2D eigenvalue weighted by Gasteiger charge is 2.60. The first-order valence-corrected chi connectivity index (χ1v) is 5.75. The Hall–Kier alpha value is -0.0800. The molecule has 2 nitrogen and oxygen atoms in total. The van der Waals surface area contributed by atoms with Crippen molar-refractivity contribution in [3.8, 4) is 0 Å². The van der Waals surface area contributed by atoms with Gasteiger partial charge >= 0.3 is 0 Å². The van der Waals surface area contributed by atoms with Gasteiger partial charge in [-0.25, -0.2) is 0 Å². The van der Waals surface area contributed by atoms with Gasteiger partial charge < -0.3 is 11.5 Å². The second kappa shape index (κ2) is 2.48. The van der Waals surface area contributed by atoms with Crippen molar-refractivity contribution in [3.05, 3.63) is 0 Å². The number of hydrogen-bond donors (Lipinski definition) is 2. The molecule has 0 aromatic heterocycles. The lowest BCUT2D eigenvalue weighted by Gasteiger charge is -2.38. The van der Waals surface area contributed by atoms with Crippen molar-refractivity contribution in [2.75, 3.05) is 0 Å². The van der Waals surface area contributed by atoms with Gasteiger partial charge in [0.15, 0.2) is 0 Å². The second-order valence-corrected chi connectivity index (χ2v) is 5.46. The molecule has 0 aliphatic heterocycles. The van der Waals surface area contributed by atoms with Gasteiger partial charge in [0.1, 0.15) is 0 Å². The third-order valence-electron chi connectivity index (χ3n) is 5.20. The van der Waals surface area contributed by atoms with Crippen molar-refractivity contribution in [3.63, 3.8) is 0 Å². The van der Waals surface area contributed by atoms with E-state index in [1.807, 2.05) is 0 Å². The maximum atomic E-state index is 6.00. The molecular formula is C11H20N2. The van der Waals surface area contributed by atoms with Crippen LogP contribution in [-0.4, -0.2) is 6.17 Å². The first-order chi connectivity index (χ1) is 6.24. The third-order valence-corrected chi connectivity index (χ3v) is 5.20. The average molecular weight is 180 g/mol. The van der Waals surface area contributed by atoms with E-state index in [2.05, 4.69) is 0 Å². The van der Waals surface area contributed by atoms with Gasteiger partial charge in [0, 0.05) is 5.41 Å². The van der Waals surface area contributed by atoms with Gasteiger partial charge in [-0.3, -0.25) is 0 Å². The zero-order valence-corrected chi connectivity index (χ0v) is 8.21. The standard InChI is InChI=1S/C11H20N2/c12-10(13)11-5-4-7(6-11)8-2-1-3-9(8)11/h7-10H,1-6,12-13H2. The Bertz CT molecular complexity index is 226. The minimum Gasteiger partial charge on any atom is -0.316 e. The van der Waals surface area contributed by atoms with Crippen LogP contribution in [0.1, 0.15) is 38.5 Å². The fraction of sp³-hybridized carbons (Fsp3) is 1.00. The van der Waals surface area contributed by atoms with E-state index in [1.165, 1.54) is 38.5 Å². The second-order valence-electron chi connectivity index (χ2n) is 5.46. The summed E-state index contributed by atoms with van der Waals surface area (Å²) in [5.74, 6) is 2.89. The Morgan fingerprint density at radius 2 is 2.00 bits per heavy atom. The van der Waals surface area contributed by atoms with Gasteiger partial charge in [-0.15, -0.1) is 0 Å². The lowest BCUT2D eigenvalue weighted by molar-refractivity contribution is 0.121. The molecular weight excluding hydrogens is 160 g/mol. The quantitative estimate of drug-likeness (QED) is 0.600. The molecule has 4 unspecified atom stereocenters. The number of rotatable bonds is 1. The Labute approximate surface area is 80.1 Å². The number of hydrogen-bond acceptors (Lipinski definition) is 2. The predicted molar refractivity (Wildman–Crippen MR) is 52.8 cm³/mol. The van der Waals surface area contributed by atoms with E-state index in [0.717, 1.165) is 17.8 Å². The molecule has 0 saturated heterocycles. The zero-order valence-electron chi connectivity index (χ0n) is 8.21. The molecule has 2 heteroatoms. The van der Waals surface area contributed by atoms with Crippen LogP contribution in [0.25, 0.3) is 0 Å². The molecule has 4 N–H and O–H groups in total. The SMILES string of the molecule is NC(N)C12CCC(C1)C1CCCC12. The molecule has 13 heavy (non-hydrogen) atoms. The Balaban J connectivity index is 1.96. The summed E-state index contributed by atoms with van der Waals surface area (Å²) in [5.41, 5.74) is 12.4. The van der Waals surface area contributed by atoms with E-state index in [-0.39, 0.29) is 6.17 Å². The number of fused-ring (bicyclic) bond motifs is 5. The molecule has 74 valence electrons. The largest absolute Gasteiger partial charge is 0.316 e. The van der Waals surface area contributed by atoms with Crippen LogP contribution in [0.2, 0.25) is 0 Å². The van der Waals surface area contributed by atoms with E-state index in [4.69, 9.17) is 11.5 Å². The Morgan fingerprint density at radius 3 is 2.77 bits per heavy atom. The van der Waals surface area contributed by atoms with Gasteiger partial charge in [0.2, 0.25) is 0 Å². The van der Waals surface area contributed by atoms with Gasteiger partial charge in [-0.2, -0.15) is 0 Å². The van der Waals surface area contributed by atoms with Gasteiger partial charge in [-0.05, 0) is 49.9 Å². The van der Waals surface area contributed by atoms with Crippen LogP contribution >= 0.6 is 0 Å². The summed E-state index contributed by atoms with van der Waals surface area (Å²) in [6, 6.07) is 0. The van der Waals surface area contributed by atoms with Crippen molar-refractivity contribution in [2.24, 2.45) is 34.6 Å². The minimum absolute atomic E-state index is 0.0504. The van der Waals surface area contributed by atoms with Crippen molar-refractivity contribution in [1.82, 2.24) is 0 Å². The van der Waals surface area contributed by atoms with Crippen molar-refractivity contribution < 1.29 is 0 Å². The summed E-state index contributed by atoms with van der Waals surface area (Å²) >= 11 is 0. The maximum absolute atomic E-state index is 6.00. The van der Waals surface area contributed by atoms with E-state index in [9.17, 15) is 0 Å². The molecule has 0 spiro atoms. The molecule has 3 rings (SSSR count). The zero-order chi connectivity index (χ0) is 9.05. The minimum atomic E-state index is -0.0504. The molecule has 3 aliphatic carbocycles. The van der Waals surface area contributed by atoms with Crippen LogP contribution in [0.15, 0.2) is 0 Å². The Morgan fingerprint density at radius 1 is 1.15 bits per heavy atom. The van der Waals surface area contributed by atoms with Crippen LogP contribution < -0.4 is 11.5 Å². The normalized spacial score (nSPS) is 53.3. The summed E-state index contributed by atoms with van der Waals surface area (Å²) in [4.78, 5) is 0. The highest BCUT2D eigenvalue weighted by Crippen LogP contribution is 2.66. The topological polar surface area (TPSA) is 52.0 Å². The molecule has 4 atom stereocenters. The Kier molecular flexibility index (Phi) is 1.58. The summed E-state index contributed by atoms with van der Waals surface area (Å²) in [5, 5.41) is 0. The molecule has 2 bridgehead atoms. The molecule has 3 fully saturated rings. The van der Waals surface area contributed by atoms with E-state index in [1.54, 1.807) is 0 Å². The van der Waals surface area contributed by atoms with Crippen LogP contribution in [0, 0.1) is 23.2 Å². The fourth-order valence-electron chi connectivity index (χ4n) is 4.67. The van der Waals surface area contributed by atoms with E-state index < -0.39 is 0 Å². The van der Waals surface area contributed by atoms with Crippen LogP contribution in [-0.2, 0) is 0 Å². The first-order valence-electron chi connectivity index (χ1n) is 5.75. The lowest BCUT2D eigenvalue weighted by Crippen LogP contribution is -2.50. The maximum Gasteiger partial charge on any atom is 0.0581 e. The molecule has 0 aromatic rings. The third kappa shape index (κ3) is 0.861. The summed E-state index contributed by atoms with van der Waals surface area (Å²) in [6.45, 7) is 0. The monoisotopic (exact) mass is 180 g/mol. The van der Waals surface area contributed by atoms with Crippen LogP contribution in [0.5, 0.6) is 0 Å². The summed E-state index contributed by atoms with van der Waals surface area (Å²) in [6.07, 6.45) is 8.32. The van der Waals surface area contributed by atoms with Crippen LogP contribution in [0.4, 0.5) is 0 Å². The molecule has 0 aromatic carbocycles. The smallest absolute Gasteiger partial charge is 0.0581 e. The molecule has 3 saturated carbocycles. The highest BCUT2D eigenvalue weighted by atomic mass is 14.9. The van der Waals surface area contributed by atoms with Crippen molar-refractivity contribution in [2.45, 2.75) is 44.7 Å². The average Bonchev–Trinajstić information content (AvgIpc) is 2.76. The number of nitrogens with two attached hydrogens (primary N) is 2. The van der Waals surface area contributed by atoms with Gasteiger partial charge in [-0.1, -0.05) is 6.42 Å². The fourth-order valence-corrected chi connectivity index (χ4v) is 4.67. The summed E-state index contributed by atoms with van der Waals surface area (Å²) < 4.78 is 0. The molecule has 0 heterocycles. The van der Waals surface area contributed by atoms with Crippen molar-refractivity contribution >= 4 is 0 Å². The molecule has 3 aliphatic rings. The van der Waals surface area contributed by atoms with Gasteiger partial charge in [0.05, 0.1) is 6.17 Å². The first kappa shape index (κ1) is 8.25.